The van der Waals surface area contributed by atoms with E-state index in [2.05, 4.69) is 55.3 Å². The minimum Gasteiger partial charge on any atom is -0.331 e. The fraction of sp³-hybridized carbons (Fsp3) is 0.588. The van der Waals surface area contributed by atoms with Gasteiger partial charge >= 0.3 is 6.03 Å². The molecule has 1 aliphatic rings. The summed E-state index contributed by atoms with van der Waals surface area (Å²) >= 11 is 0. The zero-order chi connectivity index (χ0) is 15.4. The molecule has 0 aromatic heterocycles. The first-order valence-electron chi connectivity index (χ1n) is 7.83. The first-order valence-corrected chi connectivity index (χ1v) is 7.83. The maximum absolute atomic E-state index is 12.3. The third-order valence-electron chi connectivity index (χ3n) is 4.25. The van der Waals surface area contributed by atoms with Crippen molar-refractivity contribution in [2.45, 2.75) is 39.8 Å². The summed E-state index contributed by atoms with van der Waals surface area (Å²) in [6.45, 7) is 12.1. The lowest BCUT2D eigenvalue weighted by molar-refractivity contribution is 0.118. The van der Waals surface area contributed by atoms with Gasteiger partial charge in [-0.15, -0.1) is 0 Å². The van der Waals surface area contributed by atoms with Gasteiger partial charge in [0.25, 0.3) is 0 Å². The van der Waals surface area contributed by atoms with Crippen molar-refractivity contribution in [1.82, 2.24) is 15.1 Å². The molecule has 0 saturated carbocycles. The lowest BCUT2D eigenvalue weighted by Gasteiger charge is -2.37. The van der Waals surface area contributed by atoms with E-state index >= 15 is 0 Å². The van der Waals surface area contributed by atoms with Crippen molar-refractivity contribution in [2.75, 3.05) is 26.2 Å². The number of carbonyl (C=O) groups is 1. The number of rotatable bonds is 3. The van der Waals surface area contributed by atoms with E-state index in [1.807, 2.05) is 11.8 Å². The van der Waals surface area contributed by atoms with Crippen LogP contribution in [0.1, 0.15) is 37.9 Å². The van der Waals surface area contributed by atoms with Gasteiger partial charge in [-0.3, -0.25) is 4.90 Å². The third kappa shape index (κ3) is 4.21. The topological polar surface area (TPSA) is 35.6 Å². The Hall–Kier alpha value is -1.55. The van der Waals surface area contributed by atoms with Crippen molar-refractivity contribution < 1.29 is 4.79 Å². The fourth-order valence-electron chi connectivity index (χ4n) is 2.66. The Kier molecular flexibility index (Phi) is 5.23. The van der Waals surface area contributed by atoms with Gasteiger partial charge in [-0.25, -0.2) is 4.79 Å². The molecule has 1 unspecified atom stereocenters. The molecule has 2 rings (SSSR count). The van der Waals surface area contributed by atoms with Crippen LogP contribution >= 0.6 is 0 Å². The van der Waals surface area contributed by atoms with E-state index in [-0.39, 0.29) is 12.1 Å². The Morgan fingerprint density at radius 1 is 1.05 bits per heavy atom. The highest BCUT2D eigenvalue weighted by Crippen LogP contribution is 2.14. The maximum Gasteiger partial charge on any atom is 0.317 e. The zero-order valence-corrected chi connectivity index (χ0v) is 13.6. The molecule has 1 aliphatic heterocycles. The lowest BCUT2D eigenvalue weighted by Crippen LogP contribution is -2.53. The molecule has 0 spiro atoms. The van der Waals surface area contributed by atoms with Gasteiger partial charge in [0.1, 0.15) is 0 Å². The number of piperazine rings is 1. The molecule has 1 aromatic carbocycles. The second-order valence-electron chi connectivity index (χ2n) is 6.20. The Bertz CT molecular complexity index is 461. The van der Waals surface area contributed by atoms with E-state index in [4.69, 9.17) is 0 Å². The smallest absolute Gasteiger partial charge is 0.317 e. The van der Waals surface area contributed by atoms with Crippen LogP contribution in [0.25, 0.3) is 0 Å². The largest absolute Gasteiger partial charge is 0.331 e. The Balaban J connectivity index is 1.86. The molecule has 0 bridgehead atoms. The molecular weight excluding hydrogens is 262 g/mol. The molecule has 1 atom stereocenters. The van der Waals surface area contributed by atoms with Gasteiger partial charge < -0.3 is 10.2 Å². The van der Waals surface area contributed by atoms with E-state index in [1.54, 1.807) is 0 Å². The van der Waals surface area contributed by atoms with Crippen molar-refractivity contribution in [3.63, 3.8) is 0 Å². The molecule has 1 N–H and O–H groups in total. The summed E-state index contributed by atoms with van der Waals surface area (Å²) in [6, 6.07) is 8.97. The Morgan fingerprint density at radius 2 is 1.62 bits per heavy atom. The van der Waals surface area contributed by atoms with Crippen molar-refractivity contribution in [2.24, 2.45) is 0 Å². The van der Waals surface area contributed by atoms with Gasteiger partial charge in [-0.2, -0.15) is 0 Å². The minimum atomic E-state index is 0.0428. The number of nitrogens with zero attached hydrogens (tertiary/aromatic N) is 2. The van der Waals surface area contributed by atoms with Crippen LogP contribution in [-0.4, -0.2) is 48.1 Å². The molecule has 1 aromatic rings. The molecular formula is C17H27N3O. The number of benzene rings is 1. The number of nitrogens with one attached hydrogen (secondary N) is 1. The van der Waals surface area contributed by atoms with Gasteiger partial charge in [0.15, 0.2) is 0 Å². The summed E-state index contributed by atoms with van der Waals surface area (Å²) in [5, 5.41) is 3.10. The van der Waals surface area contributed by atoms with Gasteiger partial charge in [0, 0.05) is 32.2 Å². The molecule has 1 saturated heterocycles. The summed E-state index contributed by atoms with van der Waals surface area (Å²) in [4.78, 5) is 16.7. The van der Waals surface area contributed by atoms with E-state index in [9.17, 15) is 4.79 Å². The second-order valence-corrected chi connectivity index (χ2v) is 6.20. The van der Waals surface area contributed by atoms with Gasteiger partial charge in [-0.1, -0.05) is 29.8 Å². The van der Waals surface area contributed by atoms with Crippen LogP contribution in [0.5, 0.6) is 0 Å². The van der Waals surface area contributed by atoms with Crippen LogP contribution in [0.15, 0.2) is 24.3 Å². The standard InChI is InChI=1S/C17H27N3O/c1-13(2)19-9-11-20(12-10-19)17(21)18-15(4)16-7-5-14(3)6-8-16/h5-8,13,15H,9-12H2,1-4H3,(H,18,21). The van der Waals surface area contributed by atoms with Crippen molar-refractivity contribution in [3.05, 3.63) is 35.4 Å². The molecule has 1 fully saturated rings. The molecule has 21 heavy (non-hydrogen) atoms. The predicted molar refractivity (Wildman–Crippen MR) is 86.4 cm³/mol. The summed E-state index contributed by atoms with van der Waals surface area (Å²) < 4.78 is 0. The monoisotopic (exact) mass is 289 g/mol. The Labute approximate surface area is 128 Å². The highest BCUT2D eigenvalue weighted by molar-refractivity contribution is 5.74. The summed E-state index contributed by atoms with van der Waals surface area (Å²) in [5.41, 5.74) is 2.39. The van der Waals surface area contributed by atoms with Crippen LogP contribution in [-0.2, 0) is 0 Å². The fourth-order valence-corrected chi connectivity index (χ4v) is 2.66. The summed E-state index contributed by atoms with van der Waals surface area (Å²) in [5.74, 6) is 0. The van der Waals surface area contributed by atoms with E-state index in [0.717, 1.165) is 31.7 Å². The number of carbonyl (C=O) groups excluding carboxylic acids is 1. The molecule has 2 amide bonds. The van der Waals surface area contributed by atoms with Crippen LogP contribution in [0.3, 0.4) is 0 Å². The normalized spacial score (nSPS) is 17.9. The van der Waals surface area contributed by atoms with Crippen LogP contribution in [0.4, 0.5) is 4.79 Å². The Morgan fingerprint density at radius 3 is 2.14 bits per heavy atom. The second kappa shape index (κ2) is 6.94. The first kappa shape index (κ1) is 15.8. The average molecular weight is 289 g/mol. The molecule has 0 aliphatic carbocycles. The van der Waals surface area contributed by atoms with Crippen LogP contribution in [0.2, 0.25) is 0 Å². The third-order valence-corrected chi connectivity index (χ3v) is 4.25. The number of aryl methyl sites for hydroxylation is 1. The van der Waals surface area contributed by atoms with Crippen molar-refractivity contribution >= 4 is 6.03 Å². The number of hydrogen-bond donors (Lipinski definition) is 1. The zero-order valence-electron chi connectivity index (χ0n) is 13.6. The molecule has 4 nitrogen and oxygen atoms in total. The van der Waals surface area contributed by atoms with Crippen molar-refractivity contribution in [1.29, 1.82) is 0 Å². The predicted octanol–water partition coefficient (Wildman–Crippen LogP) is 2.79. The van der Waals surface area contributed by atoms with E-state index in [0.29, 0.717) is 6.04 Å². The van der Waals surface area contributed by atoms with Gasteiger partial charge in [0.05, 0.1) is 6.04 Å². The summed E-state index contributed by atoms with van der Waals surface area (Å²) in [7, 11) is 0. The number of urea groups is 1. The van der Waals surface area contributed by atoms with Crippen molar-refractivity contribution in [3.8, 4) is 0 Å². The average Bonchev–Trinajstić information content (AvgIpc) is 2.47. The highest BCUT2D eigenvalue weighted by atomic mass is 16.2. The molecule has 4 heteroatoms. The molecule has 1 heterocycles. The van der Waals surface area contributed by atoms with E-state index < -0.39 is 0 Å². The first-order chi connectivity index (χ1) is 9.97. The van der Waals surface area contributed by atoms with Gasteiger partial charge in [-0.05, 0) is 33.3 Å². The summed E-state index contributed by atoms with van der Waals surface area (Å²) in [6.07, 6.45) is 0. The van der Waals surface area contributed by atoms with Gasteiger partial charge in [0.2, 0.25) is 0 Å². The molecule has 116 valence electrons. The number of amides is 2. The van der Waals surface area contributed by atoms with E-state index in [1.165, 1.54) is 5.56 Å². The minimum absolute atomic E-state index is 0.0428. The highest BCUT2D eigenvalue weighted by Gasteiger charge is 2.23. The quantitative estimate of drug-likeness (QED) is 0.928. The van der Waals surface area contributed by atoms with Crippen LogP contribution < -0.4 is 5.32 Å². The number of hydrogen-bond acceptors (Lipinski definition) is 2. The maximum atomic E-state index is 12.3. The van der Waals surface area contributed by atoms with Crippen LogP contribution in [0, 0.1) is 6.92 Å². The lowest BCUT2D eigenvalue weighted by atomic mass is 10.1. The molecule has 0 radical (unpaired) electrons. The SMILES string of the molecule is Cc1ccc(C(C)NC(=O)N2CCN(C(C)C)CC2)cc1.